The van der Waals surface area contributed by atoms with Crippen molar-refractivity contribution in [1.82, 2.24) is 5.32 Å². The number of nitrogens with one attached hydrogen (secondary N) is 1. The first-order valence-corrected chi connectivity index (χ1v) is 9.27. The lowest BCUT2D eigenvalue weighted by atomic mass is 9.87. The van der Waals surface area contributed by atoms with Crippen LogP contribution in [-0.4, -0.2) is 11.0 Å². The fourth-order valence-electron chi connectivity index (χ4n) is 3.03. The molecule has 4 heteroatoms. The molecule has 1 aliphatic rings. The Morgan fingerprint density at radius 1 is 1.08 bits per heavy atom. The minimum atomic E-state index is -0.115. The highest BCUT2D eigenvalue weighted by Gasteiger charge is 2.32. The third kappa shape index (κ3) is 3.56. The molecule has 0 spiro atoms. The molecule has 3 nitrogen and oxygen atoms in total. The average molecular weight is 365 g/mol. The molecule has 2 aromatic carbocycles. The van der Waals surface area contributed by atoms with E-state index in [-0.39, 0.29) is 11.3 Å². The van der Waals surface area contributed by atoms with Gasteiger partial charge in [-0.3, -0.25) is 9.69 Å². The second-order valence-corrected chi connectivity index (χ2v) is 7.87. The zero-order chi connectivity index (χ0) is 18.9. The average Bonchev–Trinajstić information content (AvgIpc) is 2.88. The number of amides is 1. The van der Waals surface area contributed by atoms with Gasteiger partial charge in [0.1, 0.15) is 5.70 Å². The van der Waals surface area contributed by atoms with Crippen LogP contribution in [0.5, 0.6) is 0 Å². The van der Waals surface area contributed by atoms with Crippen LogP contribution in [0.3, 0.4) is 0 Å². The highest BCUT2D eigenvalue weighted by Crippen LogP contribution is 2.27. The van der Waals surface area contributed by atoms with Crippen molar-refractivity contribution in [1.29, 1.82) is 0 Å². The molecule has 0 unspecified atom stereocenters. The lowest BCUT2D eigenvalue weighted by Crippen LogP contribution is -2.31. The smallest absolute Gasteiger partial charge is 0.281 e. The van der Waals surface area contributed by atoms with E-state index in [1.807, 2.05) is 42.5 Å². The molecule has 1 saturated heterocycles. The molecule has 26 heavy (non-hydrogen) atoms. The molecule has 0 aliphatic carbocycles. The van der Waals surface area contributed by atoms with Gasteiger partial charge in [-0.15, -0.1) is 0 Å². The summed E-state index contributed by atoms with van der Waals surface area (Å²) in [6, 6.07) is 16.2. The Morgan fingerprint density at radius 3 is 2.35 bits per heavy atom. The highest BCUT2D eigenvalue weighted by molar-refractivity contribution is 7.80. The van der Waals surface area contributed by atoms with Gasteiger partial charge in [-0.2, -0.15) is 0 Å². The minimum Gasteiger partial charge on any atom is -0.327 e. The quantitative estimate of drug-likeness (QED) is 0.627. The summed E-state index contributed by atoms with van der Waals surface area (Å²) in [4.78, 5) is 14.5. The third-order valence-electron chi connectivity index (χ3n) is 4.58. The van der Waals surface area contributed by atoms with Crippen molar-refractivity contribution in [2.75, 3.05) is 4.90 Å². The Hall–Kier alpha value is -2.46. The van der Waals surface area contributed by atoms with Crippen LogP contribution < -0.4 is 10.2 Å². The van der Waals surface area contributed by atoms with Gasteiger partial charge >= 0.3 is 0 Å². The second kappa shape index (κ2) is 7.04. The van der Waals surface area contributed by atoms with Crippen molar-refractivity contribution < 1.29 is 4.79 Å². The molecule has 1 amide bonds. The molecule has 0 radical (unpaired) electrons. The Labute approximate surface area is 160 Å². The van der Waals surface area contributed by atoms with Gasteiger partial charge in [-0.1, -0.05) is 70.2 Å². The number of rotatable bonds is 3. The van der Waals surface area contributed by atoms with Crippen LogP contribution in [0.2, 0.25) is 0 Å². The highest BCUT2D eigenvalue weighted by atomic mass is 32.1. The number of thiocarbonyl (C=S) groups is 1. The lowest BCUT2D eigenvalue weighted by Gasteiger charge is -2.18. The Kier molecular flexibility index (Phi) is 4.97. The van der Waals surface area contributed by atoms with E-state index < -0.39 is 0 Å². The van der Waals surface area contributed by atoms with Crippen molar-refractivity contribution in [3.05, 3.63) is 70.9 Å². The van der Waals surface area contributed by atoms with Gasteiger partial charge < -0.3 is 5.32 Å². The number of carbonyl (C=O) groups excluding carboxylic acids is 1. The number of aryl methyl sites for hydroxylation is 1. The van der Waals surface area contributed by atoms with E-state index in [2.05, 4.69) is 45.1 Å². The summed E-state index contributed by atoms with van der Waals surface area (Å²) >= 11 is 5.42. The van der Waals surface area contributed by atoms with E-state index in [4.69, 9.17) is 12.2 Å². The van der Waals surface area contributed by atoms with Crippen molar-refractivity contribution in [3.63, 3.8) is 0 Å². The summed E-state index contributed by atoms with van der Waals surface area (Å²) in [5.41, 5.74) is 4.80. The maximum Gasteiger partial charge on any atom is 0.281 e. The van der Waals surface area contributed by atoms with Crippen LogP contribution in [0.25, 0.3) is 6.08 Å². The van der Waals surface area contributed by atoms with Gasteiger partial charge in [0, 0.05) is 0 Å². The molecule has 3 rings (SSSR count). The van der Waals surface area contributed by atoms with Crippen LogP contribution in [0.15, 0.2) is 54.2 Å². The Balaban J connectivity index is 1.90. The van der Waals surface area contributed by atoms with Crippen molar-refractivity contribution in [2.45, 2.75) is 39.5 Å². The number of anilines is 1. The lowest BCUT2D eigenvalue weighted by molar-refractivity contribution is -0.113. The van der Waals surface area contributed by atoms with Gasteiger partial charge in [-0.25, -0.2) is 0 Å². The first kappa shape index (κ1) is 18.3. The fraction of sp³-hybridized carbons (Fsp3) is 0.273. The summed E-state index contributed by atoms with van der Waals surface area (Å²) in [6.45, 7) is 8.63. The molecule has 2 aromatic rings. The summed E-state index contributed by atoms with van der Waals surface area (Å²) in [5, 5.41) is 3.49. The van der Waals surface area contributed by atoms with Crippen LogP contribution in [-0.2, 0) is 16.6 Å². The molecular weight excluding hydrogens is 340 g/mol. The molecule has 0 bridgehead atoms. The van der Waals surface area contributed by atoms with Crippen molar-refractivity contribution >= 4 is 35.0 Å². The Bertz CT molecular complexity index is 876. The van der Waals surface area contributed by atoms with Gasteiger partial charge in [-0.05, 0) is 52.9 Å². The molecule has 1 aliphatic heterocycles. The van der Waals surface area contributed by atoms with Crippen molar-refractivity contribution in [2.24, 2.45) is 0 Å². The van der Waals surface area contributed by atoms with Crippen LogP contribution in [0.1, 0.15) is 44.4 Å². The van der Waals surface area contributed by atoms with Gasteiger partial charge in [0.25, 0.3) is 5.91 Å². The number of hydrogen-bond donors (Lipinski definition) is 1. The van der Waals surface area contributed by atoms with Gasteiger partial charge in [0.15, 0.2) is 5.11 Å². The molecule has 0 atom stereocenters. The maximum atomic E-state index is 12.9. The zero-order valence-electron chi connectivity index (χ0n) is 15.7. The van der Waals surface area contributed by atoms with E-state index in [1.54, 1.807) is 4.90 Å². The number of hydrogen-bond acceptors (Lipinski definition) is 2. The fourth-order valence-corrected chi connectivity index (χ4v) is 3.32. The van der Waals surface area contributed by atoms with Crippen LogP contribution in [0.4, 0.5) is 5.69 Å². The van der Waals surface area contributed by atoms with Crippen LogP contribution >= 0.6 is 12.2 Å². The second-order valence-electron chi connectivity index (χ2n) is 7.48. The summed E-state index contributed by atoms with van der Waals surface area (Å²) in [7, 11) is 0. The third-order valence-corrected chi connectivity index (χ3v) is 4.86. The van der Waals surface area contributed by atoms with E-state index in [1.165, 1.54) is 5.56 Å². The van der Waals surface area contributed by atoms with E-state index >= 15 is 0 Å². The number of para-hydroxylation sites is 1. The predicted molar refractivity (Wildman–Crippen MR) is 112 cm³/mol. The molecule has 1 N–H and O–H groups in total. The monoisotopic (exact) mass is 364 g/mol. The molecule has 1 heterocycles. The predicted octanol–water partition coefficient (Wildman–Crippen LogP) is 4.81. The van der Waals surface area contributed by atoms with Crippen molar-refractivity contribution in [3.8, 4) is 0 Å². The summed E-state index contributed by atoms with van der Waals surface area (Å²) < 4.78 is 0. The first-order valence-electron chi connectivity index (χ1n) is 8.87. The minimum absolute atomic E-state index is 0.106. The van der Waals surface area contributed by atoms with Gasteiger partial charge in [0.2, 0.25) is 0 Å². The SMILES string of the molecule is CCc1ccccc1N1C(=O)/C(=C\c2ccc(C(C)(C)C)cc2)NC1=S. The maximum absolute atomic E-state index is 12.9. The molecular formula is C22H24N2OS. The molecule has 0 aromatic heterocycles. The standard InChI is InChI=1S/C22H24N2OS/c1-5-16-8-6-7-9-19(16)24-20(25)18(23-21(24)26)14-15-10-12-17(13-11-15)22(2,3)4/h6-14H,5H2,1-4H3,(H,23,26)/b18-14+. The molecule has 0 saturated carbocycles. The zero-order valence-corrected chi connectivity index (χ0v) is 16.5. The largest absolute Gasteiger partial charge is 0.327 e. The molecule has 134 valence electrons. The van der Waals surface area contributed by atoms with Crippen LogP contribution in [0, 0.1) is 0 Å². The number of nitrogens with zero attached hydrogens (tertiary/aromatic N) is 1. The Morgan fingerprint density at radius 2 is 1.73 bits per heavy atom. The number of benzene rings is 2. The number of carbonyl (C=O) groups is 1. The molecule has 1 fully saturated rings. The van der Waals surface area contributed by atoms with Gasteiger partial charge in [0.05, 0.1) is 5.69 Å². The topological polar surface area (TPSA) is 32.3 Å². The normalized spacial score (nSPS) is 16.3. The summed E-state index contributed by atoms with van der Waals surface area (Å²) in [6.07, 6.45) is 2.70. The summed E-state index contributed by atoms with van der Waals surface area (Å²) in [5.74, 6) is -0.115. The van der Waals surface area contributed by atoms with E-state index in [9.17, 15) is 4.79 Å². The van der Waals surface area contributed by atoms with E-state index in [0.29, 0.717) is 10.8 Å². The van der Waals surface area contributed by atoms with E-state index in [0.717, 1.165) is 23.2 Å². The first-order chi connectivity index (χ1) is 12.3.